The van der Waals surface area contributed by atoms with E-state index in [1.165, 1.54) is 30.4 Å². The second-order valence-electron chi connectivity index (χ2n) is 3.73. The van der Waals surface area contributed by atoms with Gasteiger partial charge >= 0.3 is 0 Å². The Balaban J connectivity index is 2.48. The molecule has 82 valence electrons. The van der Waals surface area contributed by atoms with E-state index >= 15 is 0 Å². The lowest BCUT2D eigenvalue weighted by atomic mass is 10.1. The molecule has 0 nitrogen and oxygen atoms in total. The summed E-state index contributed by atoms with van der Waals surface area (Å²) in [5.41, 5.74) is 2.70. The van der Waals surface area contributed by atoms with Crippen LogP contribution in [0.2, 0.25) is 0 Å². The van der Waals surface area contributed by atoms with Gasteiger partial charge in [-0.25, -0.2) is 0 Å². The molecule has 0 atom stereocenters. The maximum atomic E-state index is 5.60. The summed E-state index contributed by atoms with van der Waals surface area (Å²) < 4.78 is 0. The molecule has 0 aliphatic carbocycles. The lowest BCUT2D eigenvalue weighted by Crippen LogP contribution is -1.84. The number of halogens is 1. The van der Waals surface area contributed by atoms with Crippen molar-refractivity contribution in [2.75, 3.05) is 5.88 Å². The monoisotopic (exact) mass is 222 g/mol. The Bertz CT molecular complexity index is 285. The van der Waals surface area contributed by atoms with Gasteiger partial charge in [0.2, 0.25) is 0 Å². The van der Waals surface area contributed by atoms with Crippen LogP contribution in [0.5, 0.6) is 0 Å². The quantitative estimate of drug-likeness (QED) is 0.614. The van der Waals surface area contributed by atoms with Gasteiger partial charge in [0.05, 0.1) is 0 Å². The van der Waals surface area contributed by atoms with Crippen LogP contribution in [-0.2, 0) is 6.42 Å². The number of allylic oxidation sites excluding steroid dienone is 1. The molecule has 0 aliphatic heterocycles. The fourth-order valence-electron chi connectivity index (χ4n) is 1.46. The Morgan fingerprint density at radius 3 is 2.53 bits per heavy atom. The second-order valence-corrected chi connectivity index (χ2v) is 4.10. The molecule has 1 aromatic carbocycles. The van der Waals surface area contributed by atoms with Crippen LogP contribution in [0, 0.1) is 0 Å². The van der Waals surface area contributed by atoms with E-state index in [2.05, 4.69) is 43.3 Å². The maximum Gasteiger partial charge on any atom is 0.0258 e. The predicted molar refractivity (Wildman–Crippen MR) is 69.4 cm³/mol. The zero-order valence-electron chi connectivity index (χ0n) is 9.38. The first-order chi connectivity index (χ1) is 7.36. The van der Waals surface area contributed by atoms with Crippen molar-refractivity contribution in [2.45, 2.75) is 32.6 Å². The standard InChI is InChI=1S/C14H19Cl/c1-2-3-6-13-8-10-14(11-9-13)7-4-5-12-15/h4,7-11H,2-3,5-6,12H2,1H3/b7-4+. The minimum Gasteiger partial charge on any atom is -0.126 e. The van der Waals surface area contributed by atoms with Crippen molar-refractivity contribution in [3.8, 4) is 0 Å². The minimum atomic E-state index is 0.699. The van der Waals surface area contributed by atoms with E-state index in [-0.39, 0.29) is 0 Å². The van der Waals surface area contributed by atoms with Crippen molar-refractivity contribution >= 4 is 17.7 Å². The summed E-state index contributed by atoms with van der Waals surface area (Å²) in [7, 11) is 0. The number of unbranched alkanes of at least 4 members (excludes halogenated alkanes) is 1. The number of rotatable bonds is 6. The lowest BCUT2D eigenvalue weighted by Gasteiger charge is -2.00. The predicted octanol–water partition coefficient (Wildman–Crippen LogP) is 4.67. The van der Waals surface area contributed by atoms with E-state index in [9.17, 15) is 0 Å². The number of hydrogen-bond donors (Lipinski definition) is 0. The number of alkyl halides is 1. The molecule has 0 N–H and O–H groups in total. The highest BCUT2D eigenvalue weighted by Crippen LogP contribution is 2.09. The van der Waals surface area contributed by atoms with E-state index < -0.39 is 0 Å². The fourth-order valence-corrected chi connectivity index (χ4v) is 1.58. The molecule has 0 aliphatic rings. The molecule has 0 fully saturated rings. The highest BCUT2D eigenvalue weighted by Gasteiger charge is 1.91. The van der Waals surface area contributed by atoms with Crippen LogP contribution in [0.25, 0.3) is 6.08 Å². The molecule has 0 saturated carbocycles. The Kier molecular flexibility index (Phi) is 6.18. The first kappa shape index (κ1) is 12.3. The molecule has 1 aromatic rings. The summed E-state index contributed by atoms with van der Waals surface area (Å²) in [6.45, 7) is 2.23. The zero-order valence-corrected chi connectivity index (χ0v) is 10.1. The molecule has 0 heterocycles. The second kappa shape index (κ2) is 7.53. The van der Waals surface area contributed by atoms with E-state index in [0.29, 0.717) is 5.88 Å². The Morgan fingerprint density at radius 2 is 1.93 bits per heavy atom. The van der Waals surface area contributed by atoms with Crippen LogP contribution < -0.4 is 0 Å². The summed E-state index contributed by atoms with van der Waals surface area (Å²) in [5, 5.41) is 0. The lowest BCUT2D eigenvalue weighted by molar-refractivity contribution is 0.795. The van der Waals surface area contributed by atoms with Crippen LogP contribution in [0.4, 0.5) is 0 Å². The maximum absolute atomic E-state index is 5.60. The molecule has 1 rings (SSSR count). The van der Waals surface area contributed by atoms with Gasteiger partial charge in [0.15, 0.2) is 0 Å². The van der Waals surface area contributed by atoms with Gasteiger partial charge in [0, 0.05) is 5.88 Å². The summed E-state index contributed by atoms with van der Waals surface area (Å²) in [4.78, 5) is 0. The van der Waals surface area contributed by atoms with Gasteiger partial charge in [-0.2, -0.15) is 0 Å². The van der Waals surface area contributed by atoms with Crippen molar-refractivity contribution < 1.29 is 0 Å². The van der Waals surface area contributed by atoms with Gasteiger partial charge in [-0.05, 0) is 30.4 Å². The smallest absolute Gasteiger partial charge is 0.0258 e. The SMILES string of the molecule is CCCCc1ccc(/C=C/CCCl)cc1. The van der Waals surface area contributed by atoms with Crippen molar-refractivity contribution in [1.82, 2.24) is 0 Å². The van der Waals surface area contributed by atoms with Gasteiger partial charge in [-0.1, -0.05) is 49.8 Å². The molecule has 0 saturated heterocycles. The number of benzene rings is 1. The van der Waals surface area contributed by atoms with E-state index in [4.69, 9.17) is 11.6 Å². The highest BCUT2D eigenvalue weighted by atomic mass is 35.5. The molecule has 1 heteroatoms. The van der Waals surface area contributed by atoms with Crippen molar-refractivity contribution in [3.05, 3.63) is 41.5 Å². The van der Waals surface area contributed by atoms with Crippen molar-refractivity contribution in [1.29, 1.82) is 0 Å². The van der Waals surface area contributed by atoms with Gasteiger partial charge in [-0.3, -0.25) is 0 Å². The van der Waals surface area contributed by atoms with Crippen molar-refractivity contribution in [2.24, 2.45) is 0 Å². The average molecular weight is 223 g/mol. The van der Waals surface area contributed by atoms with Crippen LogP contribution in [-0.4, -0.2) is 5.88 Å². The van der Waals surface area contributed by atoms with Crippen LogP contribution in [0.15, 0.2) is 30.3 Å². The van der Waals surface area contributed by atoms with E-state index in [1.807, 2.05) is 0 Å². The van der Waals surface area contributed by atoms with Crippen molar-refractivity contribution in [3.63, 3.8) is 0 Å². The van der Waals surface area contributed by atoms with Gasteiger partial charge < -0.3 is 0 Å². The molecule has 0 amide bonds. The number of hydrogen-bond acceptors (Lipinski definition) is 0. The highest BCUT2D eigenvalue weighted by molar-refractivity contribution is 6.17. The third-order valence-corrected chi connectivity index (χ3v) is 2.60. The normalized spacial score (nSPS) is 11.1. The van der Waals surface area contributed by atoms with Gasteiger partial charge in [0.1, 0.15) is 0 Å². The first-order valence-electron chi connectivity index (χ1n) is 5.68. The summed E-state index contributed by atoms with van der Waals surface area (Å²) >= 11 is 5.60. The molecule has 0 unspecified atom stereocenters. The molecule has 0 aromatic heterocycles. The summed E-state index contributed by atoms with van der Waals surface area (Å²) in [6, 6.07) is 8.79. The zero-order chi connectivity index (χ0) is 10.9. The Labute approximate surface area is 98.0 Å². The number of aryl methyl sites for hydroxylation is 1. The van der Waals surface area contributed by atoms with Gasteiger partial charge in [0.25, 0.3) is 0 Å². The summed E-state index contributed by atoms with van der Waals surface area (Å²) in [5.74, 6) is 0.699. The van der Waals surface area contributed by atoms with Gasteiger partial charge in [-0.15, -0.1) is 11.6 Å². The van der Waals surface area contributed by atoms with Crippen LogP contribution in [0.3, 0.4) is 0 Å². The molecule has 15 heavy (non-hydrogen) atoms. The van der Waals surface area contributed by atoms with Crippen LogP contribution >= 0.6 is 11.6 Å². The molecular formula is C14H19Cl. The average Bonchev–Trinajstić information content (AvgIpc) is 2.28. The fraction of sp³-hybridized carbons (Fsp3) is 0.429. The van der Waals surface area contributed by atoms with Crippen LogP contribution in [0.1, 0.15) is 37.3 Å². The van der Waals surface area contributed by atoms with E-state index in [0.717, 1.165) is 6.42 Å². The third kappa shape index (κ3) is 5.03. The largest absolute Gasteiger partial charge is 0.126 e. The Morgan fingerprint density at radius 1 is 1.20 bits per heavy atom. The summed E-state index contributed by atoms with van der Waals surface area (Å²) in [6.07, 6.45) is 8.93. The molecular weight excluding hydrogens is 204 g/mol. The molecule has 0 radical (unpaired) electrons. The topological polar surface area (TPSA) is 0 Å². The van der Waals surface area contributed by atoms with E-state index in [1.54, 1.807) is 0 Å². The molecule has 0 bridgehead atoms. The Hall–Kier alpha value is -0.750. The first-order valence-corrected chi connectivity index (χ1v) is 6.21. The molecule has 0 spiro atoms. The third-order valence-electron chi connectivity index (χ3n) is 2.38. The minimum absolute atomic E-state index is 0.699.